The lowest BCUT2D eigenvalue weighted by Gasteiger charge is -2.40. The van der Waals surface area contributed by atoms with Crippen LogP contribution in [0.4, 0.5) is 0 Å². The summed E-state index contributed by atoms with van der Waals surface area (Å²) in [5.41, 5.74) is 0.236. The number of aliphatic hydroxyl groups is 1. The van der Waals surface area contributed by atoms with Crippen LogP contribution in [-0.4, -0.2) is 60.8 Å². The fourth-order valence-corrected chi connectivity index (χ4v) is 3.61. The predicted octanol–water partition coefficient (Wildman–Crippen LogP) is 1.81. The molecule has 106 valence electrons. The predicted molar refractivity (Wildman–Crippen MR) is 75.7 cm³/mol. The molecule has 1 heterocycles. The molecule has 0 bridgehead atoms. The zero-order valence-corrected chi connectivity index (χ0v) is 12.2. The first-order valence-corrected chi connectivity index (χ1v) is 7.69. The molecule has 18 heavy (non-hydrogen) atoms. The van der Waals surface area contributed by atoms with Crippen molar-refractivity contribution in [1.82, 2.24) is 9.80 Å². The highest BCUT2D eigenvalue weighted by Crippen LogP contribution is 2.38. The second kappa shape index (κ2) is 6.36. The molecular formula is C15H30N2O. The summed E-state index contributed by atoms with van der Waals surface area (Å²) in [5, 5.41) is 9.68. The normalized spacial score (nSPS) is 26.0. The van der Waals surface area contributed by atoms with Gasteiger partial charge in [0.15, 0.2) is 0 Å². The number of piperazine rings is 1. The van der Waals surface area contributed by atoms with Crippen LogP contribution in [0.1, 0.15) is 39.5 Å². The molecule has 1 aliphatic heterocycles. The molecule has 0 amide bonds. The maximum Gasteiger partial charge on any atom is 0.0499 e. The van der Waals surface area contributed by atoms with Gasteiger partial charge >= 0.3 is 0 Å². The van der Waals surface area contributed by atoms with Gasteiger partial charge in [-0.25, -0.2) is 0 Å². The highest BCUT2D eigenvalue weighted by molar-refractivity contribution is 4.88. The van der Waals surface area contributed by atoms with Gasteiger partial charge in [-0.3, -0.25) is 0 Å². The molecule has 2 rings (SSSR count). The van der Waals surface area contributed by atoms with Gasteiger partial charge in [-0.1, -0.05) is 26.7 Å². The van der Waals surface area contributed by atoms with Crippen molar-refractivity contribution < 1.29 is 5.11 Å². The lowest BCUT2D eigenvalue weighted by molar-refractivity contribution is 0.0471. The summed E-state index contributed by atoms with van der Waals surface area (Å²) >= 11 is 0. The Labute approximate surface area is 112 Å². The molecule has 0 spiro atoms. The Kier molecular flexibility index (Phi) is 5.05. The Bertz CT molecular complexity index is 241. The average molecular weight is 254 g/mol. The summed E-state index contributed by atoms with van der Waals surface area (Å²) in [6.07, 6.45) is 5.09. The fraction of sp³-hybridized carbons (Fsp3) is 1.00. The first kappa shape index (κ1) is 14.3. The molecule has 1 N–H and O–H groups in total. The molecule has 0 aromatic rings. The van der Waals surface area contributed by atoms with E-state index in [0.717, 1.165) is 12.5 Å². The largest absolute Gasteiger partial charge is 0.396 e. The van der Waals surface area contributed by atoms with Crippen LogP contribution in [0, 0.1) is 11.3 Å². The topological polar surface area (TPSA) is 26.7 Å². The summed E-state index contributed by atoms with van der Waals surface area (Å²) in [6.45, 7) is 12.1. The van der Waals surface area contributed by atoms with E-state index in [1.807, 2.05) is 0 Å². The van der Waals surface area contributed by atoms with Crippen LogP contribution in [0.2, 0.25) is 0 Å². The van der Waals surface area contributed by atoms with Crippen LogP contribution in [0.15, 0.2) is 0 Å². The van der Waals surface area contributed by atoms with E-state index in [4.69, 9.17) is 0 Å². The van der Waals surface area contributed by atoms with E-state index in [-0.39, 0.29) is 5.41 Å². The minimum atomic E-state index is 0.236. The van der Waals surface area contributed by atoms with Crippen molar-refractivity contribution in [3.8, 4) is 0 Å². The molecule has 2 fully saturated rings. The van der Waals surface area contributed by atoms with Crippen molar-refractivity contribution in [2.45, 2.75) is 39.5 Å². The van der Waals surface area contributed by atoms with Gasteiger partial charge in [-0.05, 0) is 18.8 Å². The van der Waals surface area contributed by atoms with Crippen molar-refractivity contribution >= 4 is 0 Å². The summed E-state index contributed by atoms with van der Waals surface area (Å²) in [5.74, 6) is 0.773. The van der Waals surface area contributed by atoms with E-state index < -0.39 is 0 Å². The number of hydrogen-bond acceptors (Lipinski definition) is 3. The van der Waals surface area contributed by atoms with Crippen molar-refractivity contribution in [2.24, 2.45) is 11.3 Å². The third-order valence-electron chi connectivity index (χ3n) is 4.65. The van der Waals surface area contributed by atoms with Gasteiger partial charge in [-0.2, -0.15) is 0 Å². The van der Waals surface area contributed by atoms with Crippen LogP contribution in [0.3, 0.4) is 0 Å². The minimum Gasteiger partial charge on any atom is -0.396 e. The van der Waals surface area contributed by atoms with Gasteiger partial charge < -0.3 is 14.9 Å². The average Bonchev–Trinajstić information content (AvgIpc) is 2.80. The van der Waals surface area contributed by atoms with Gasteiger partial charge in [0.1, 0.15) is 0 Å². The number of nitrogens with zero attached hydrogens (tertiary/aromatic N) is 2. The smallest absolute Gasteiger partial charge is 0.0499 e. The summed E-state index contributed by atoms with van der Waals surface area (Å²) in [4.78, 5) is 5.17. The third kappa shape index (κ3) is 3.69. The maximum absolute atomic E-state index is 9.68. The maximum atomic E-state index is 9.68. The van der Waals surface area contributed by atoms with E-state index in [9.17, 15) is 5.11 Å². The van der Waals surface area contributed by atoms with Gasteiger partial charge in [0.2, 0.25) is 0 Å². The molecular weight excluding hydrogens is 224 g/mol. The highest BCUT2D eigenvalue weighted by atomic mass is 16.3. The molecule has 1 saturated carbocycles. The Morgan fingerprint density at radius 3 is 2.06 bits per heavy atom. The van der Waals surface area contributed by atoms with Crippen LogP contribution in [-0.2, 0) is 0 Å². The molecule has 2 aliphatic rings. The summed E-state index contributed by atoms with van der Waals surface area (Å²) in [7, 11) is 0. The fourth-order valence-electron chi connectivity index (χ4n) is 3.61. The quantitative estimate of drug-likeness (QED) is 0.810. The molecule has 3 heteroatoms. The molecule has 0 aromatic carbocycles. The zero-order valence-electron chi connectivity index (χ0n) is 12.2. The van der Waals surface area contributed by atoms with Crippen molar-refractivity contribution in [2.75, 3.05) is 45.9 Å². The number of hydrogen-bond donors (Lipinski definition) is 1. The molecule has 0 atom stereocenters. The van der Waals surface area contributed by atoms with Gasteiger partial charge in [0.25, 0.3) is 0 Å². The second-order valence-electron chi connectivity index (χ2n) is 6.84. The van der Waals surface area contributed by atoms with Gasteiger partial charge in [0, 0.05) is 51.3 Å². The molecule has 0 radical (unpaired) electrons. The van der Waals surface area contributed by atoms with Crippen LogP contribution < -0.4 is 0 Å². The molecule has 3 nitrogen and oxygen atoms in total. The molecule has 0 aromatic heterocycles. The molecule has 1 aliphatic carbocycles. The van der Waals surface area contributed by atoms with Crippen LogP contribution in [0.25, 0.3) is 0 Å². The third-order valence-corrected chi connectivity index (χ3v) is 4.65. The molecule has 0 unspecified atom stereocenters. The summed E-state index contributed by atoms with van der Waals surface area (Å²) < 4.78 is 0. The van der Waals surface area contributed by atoms with E-state index >= 15 is 0 Å². The second-order valence-corrected chi connectivity index (χ2v) is 6.84. The van der Waals surface area contributed by atoms with Crippen LogP contribution >= 0.6 is 0 Å². The van der Waals surface area contributed by atoms with Crippen molar-refractivity contribution in [3.63, 3.8) is 0 Å². The number of aliphatic hydroxyl groups excluding tert-OH is 1. The standard InChI is InChI=1S/C15H30N2O/c1-14(2)11-16-7-9-17(10-8-16)12-15(13-18)5-3-4-6-15/h14,18H,3-13H2,1-2H3. The lowest BCUT2D eigenvalue weighted by Crippen LogP contribution is -2.50. The number of rotatable bonds is 5. The minimum absolute atomic E-state index is 0.236. The monoisotopic (exact) mass is 254 g/mol. The van der Waals surface area contributed by atoms with E-state index in [2.05, 4.69) is 23.6 Å². The van der Waals surface area contributed by atoms with E-state index in [0.29, 0.717) is 6.61 Å². The SMILES string of the molecule is CC(C)CN1CCN(CC2(CO)CCCC2)CC1. The summed E-state index contributed by atoms with van der Waals surface area (Å²) in [6, 6.07) is 0. The van der Waals surface area contributed by atoms with Crippen molar-refractivity contribution in [1.29, 1.82) is 0 Å². The highest BCUT2D eigenvalue weighted by Gasteiger charge is 2.35. The lowest BCUT2D eigenvalue weighted by atomic mass is 9.86. The zero-order chi connectivity index (χ0) is 13.0. The Hall–Kier alpha value is -0.120. The molecule has 1 saturated heterocycles. The van der Waals surface area contributed by atoms with E-state index in [1.54, 1.807) is 0 Å². The van der Waals surface area contributed by atoms with Crippen LogP contribution in [0.5, 0.6) is 0 Å². The Balaban J connectivity index is 1.76. The van der Waals surface area contributed by atoms with E-state index in [1.165, 1.54) is 58.4 Å². The first-order valence-electron chi connectivity index (χ1n) is 7.69. The Morgan fingerprint density at radius 1 is 1.00 bits per heavy atom. The van der Waals surface area contributed by atoms with Crippen molar-refractivity contribution in [3.05, 3.63) is 0 Å². The van der Waals surface area contributed by atoms with Gasteiger partial charge in [-0.15, -0.1) is 0 Å². The van der Waals surface area contributed by atoms with Gasteiger partial charge in [0.05, 0.1) is 0 Å². The first-order chi connectivity index (χ1) is 8.63. The Morgan fingerprint density at radius 2 is 1.56 bits per heavy atom.